The number of hydrogen-bond donors (Lipinski definition) is 2. The summed E-state index contributed by atoms with van der Waals surface area (Å²) in [6.07, 6.45) is 1.95. The lowest BCUT2D eigenvalue weighted by atomic mass is 10.1. The van der Waals surface area contributed by atoms with Gasteiger partial charge in [-0.1, -0.05) is 12.1 Å². The van der Waals surface area contributed by atoms with E-state index in [9.17, 15) is 14.4 Å². The largest absolute Gasteiger partial charge is 0.497 e. The SMILES string of the molecule is COc1ccc(CN2CC(C(=O)N[C@H]3CC[C@@H](C(=O)O)C3)CC2=O)cc1. The molecule has 1 aromatic carbocycles. The molecule has 1 heterocycles. The summed E-state index contributed by atoms with van der Waals surface area (Å²) in [4.78, 5) is 37.4. The standard InChI is InChI=1S/C19H24N2O5/c1-26-16-6-2-12(3-7-16)10-21-11-14(9-17(21)22)18(23)20-15-5-4-13(8-15)19(24)25/h2-3,6-7,13-15H,4-5,8-11H2,1H3,(H,20,23)(H,24,25)/t13-,14?,15+/m1/s1. The Morgan fingerprint density at radius 2 is 1.96 bits per heavy atom. The van der Waals surface area contributed by atoms with Crippen molar-refractivity contribution in [3.63, 3.8) is 0 Å². The van der Waals surface area contributed by atoms with Gasteiger partial charge in [-0.25, -0.2) is 0 Å². The molecule has 0 bridgehead atoms. The minimum Gasteiger partial charge on any atom is -0.497 e. The molecule has 2 amide bonds. The lowest BCUT2D eigenvalue weighted by molar-refractivity contribution is -0.141. The van der Waals surface area contributed by atoms with Gasteiger partial charge in [0.1, 0.15) is 5.75 Å². The maximum Gasteiger partial charge on any atom is 0.306 e. The van der Waals surface area contributed by atoms with E-state index in [-0.39, 0.29) is 36.1 Å². The zero-order chi connectivity index (χ0) is 18.7. The van der Waals surface area contributed by atoms with E-state index >= 15 is 0 Å². The van der Waals surface area contributed by atoms with Crippen LogP contribution in [0.25, 0.3) is 0 Å². The van der Waals surface area contributed by atoms with E-state index in [1.807, 2.05) is 24.3 Å². The predicted octanol–water partition coefficient (Wildman–Crippen LogP) is 1.41. The molecule has 1 aliphatic heterocycles. The molecule has 26 heavy (non-hydrogen) atoms. The van der Waals surface area contributed by atoms with Gasteiger partial charge in [-0.3, -0.25) is 14.4 Å². The molecule has 3 atom stereocenters. The number of carboxylic acid groups (broad SMARTS) is 1. The Hall–Kier alpha value is -2.57. The Morgan fingerprint density at radius 1 is 1.23 bits per heavy atom. The van der Waals surface area contributed by atoms with Crippen molar-refractivity contribution in [3.05, 3.63) is 29.8 Å². The van der Waals surface area contributed by atoms with Crippen LogP contribution in [0.3, 0.4) is 0 Å². The fourth-order valence-corrected chi connectivity index (χ4v) is 3.71. The minimum absolute atomic E-state index is 0.0317. The molecule has 1 saturated carbocycles. The molecule has 1 aliphatic carbocycles. The second-order valence-electron chi connectivity index (χ2n) is 7.08. The van der Waals surface area contributed by atoms with Crippen LogP contribution in [0.5, 0.6) is 5.75 Å². The summed E-state index contributed by atoms with van der Waals surface area (Å²) >= 11 is 0. The van der Waals surface area contributed by atoms with Gasteiger partial charge in [-0.05, 0) is 37.0 Å². The third kappa shape index (κ3) is 4.15. The maximum atomic E-state index is 12.5. The zero-order valence-corrected chi connectivity index (χ0v) is 14.8. The monoisotopic (exact) mass is 360 g/mol. The van der Waals surface area contributed by atoms with E-state index in [4.69, 9.17) is 9.84 Å². The van der Waals surface area contributed by atoms with Crippen molar-refractivity contribution in [1.29, 1.82) is 0 Å². The summed E-state index contributed by atoms with van der Waals surface area (Å²) in [5.41, 5.74) is 0.986. The summed E-state index contributed by atoms with van der Waals surface area (Å²) < 4.78 is 5.12. The second kappa shape index (κ2) is 7.76. The molecule has 7 nitrogen and oxygen atoms in total. The van der Waals surface area contributed by atoms with Gasteiger partial charge >= 0.3 is 5.97 Å². The van der Waals surface area contributed by atoms with Gasteiger partial charge in [0.15, 0.2) is 0 Å². The van der Waals surface area contributed by atoms with Crippen LogP contribution in [0.15, 0.2) is 24.3 Å². The van der Waals surface area contributed by atoms with Crippen molar-refractivity contribution in [2.24, 2.45) is 11.8 Å². The number of methoxy groups -OCH3 is 1. The molecule has 1 saturated heterocycles. The van der Waals surface area contributed by atoms with E-state index < -0.39 is 5.97 Å². The number of aliphatic carboxylic acids is 1. The third-order valence-corrected chi connectivity index (χ3v) is 5.25. The molecule has 1 unspecified atom stereocenters. The lowest BCUT2D eigenvalue weighted by Crippen LogP contribution is -2.38. The van der Waals surface area contributed by atoms with E-state index in [1.54, 1.807) is 12.0 Å². The normalized spacial score (nSPS) is 25.3. The van der Waals surface area contributed by atoms with E-state index in [0.29, 0.717) is 32.4 Å². The molecule has 7 heteroatoms. The summed E-state index contributed by atoms with van der Waals surface area (Å²) in [7, 11) is 1.60. The second-order valence-corrected chi connectivity index (χ2v) is 7.08. The number of amides is 2. The molecule has 0 radical (unpaired) electrons. The van der Waals surface area contributed by atoms with Crippen LogP contribution in [0.1, 0.15) is 31.2 Å². The van der Waals surface area contributed by atoms with Gasteiger partial charge in [-0.15, -0.1) is 0 Å². The first-order valence-corrected chi connectivity index (χ1v) is 8.90. The Bertz CT molecular complexity index is 688. The Labute approximate surface area is 152 Å². The number of hydrogen-bond acceptors (Lipinski definition) is 4. The van der Waals surface area contributed by atoms with Crippen LogP contribution in [0, 0.1) is 11.8 Å². The molecule has 140 valence electrons. The topological polar surface area (TPSA) is 95.9 Å². The molecule has 0 spiro atoms. The number of benzene rings is 1. The van der Waals surface area contributed by atoms with Crippen LogP contribution in [-0.4, -0.2) is 47.5 Å². The van der Waals surface area contributed by atoms with Gasteiger partial charge in [0.25, 0.3) is 0 Å². The smallest absolute Gasteiger partial charge is 0.306 e. The number of carbonyl (C=O) groups is 3. The van der Waals surface area contributed by atoms with Gasteiger partial charge in [0.05, 0.1) is 18.9 Å². The number of likely N-dealkylation sites (tertiary alicyclic amines) is 1. The summed E-state index contributed by atoms with van der Waals surface area (Å²) in [6, 6.07) is 7.40. The molecule has 1 aromatic rings. The number of carbonyl (C=O) groups excluding carboxylic acids is 2. The van der Waals surface area contributed by atoms with E-state index in [1.165, 1.54) is 0 Å². The number of rotatable bonds is 6. The molecule has 2 aliphatic rings. The van der Waals surface area contributed by atoms with Crippen LogP contribution >= 0.6 is 0 Å². The van der Waals surface area contributed by atoms with Crippen molar-refractivity contribution in [2.45, 2.75) is 38.3 Å². The van der Waals surface area contributed by atoms with Crippen LogP contribution in [0.4, 0.5) is 0 Å². The highest BCUT2D eigenvalue weighted by Crippen LogP contribution is 2.27. The molecule has 2 N–H and O–H groups in total. The molecular weight excluding hydrogens is 336 g/mol. The quantitative estimate of drug-likeness (QED) is 0.800. The number of nitrogens with one attached hydrogen (secondary N) is 1. The molecule has 3 rings (SSSR count). The van der Waals surface area contributed by atoms with E-state index in [2.05, 4.69) is 5.32 Å². The van der Waals surface area contributed by atoms with Crippen molar-refractivity contribution in [1.82, 2.24) is 10.2 Å². The Morgan fingerprint density at radius 3 is 2.58 bits per heavy atom. The first-order chi connectivity index (χ1) is 12.5. The molecule has 0 aromatic heterocycles. The van der Waals surface area contributed by atoms with Crippen molar-refractivity contribution < 1.29 is 24.2 Å². The van der Waals surface area contributed by atoms with Gasteiger partial charge in [0.2, 0.25) is 11.8 Å². The van der Waals surface area contributed by atoms with Gasteiger partial charge in [0, 0.05) is 25.6 Å². The number of carboxylic acids is 1. The maximum absolute atomic E-state index is 12.5. The lowest BCUT2D eigenvalue weighted by Gasteiger charge is -2.18. The predicted molar refractivity (Wildman–Crippen MR) is 93.4 cm³/mol. The Kier molecular flexibility index (Phi) is 5.44. The van der Waals surface area contributed by atoms with Crippen LogP contribution in [0.2, 0.25) is 0 Å². The first kappa shape index (κ1) is 18.2. The average Bonchev–Trinajstić information content (AvgIpc) is 3.23. The summed E-state index contributed by atoms with van der Waals surface area (Å²) in [5, 5.41) is 12.0. The summed E-state index contributed by atoms with van der Waals surface area (Å²) in [5.74, 6) is -0.970. The minimum atomic E-state index is -0.802. The average molecular weight is 360 g/mol. The highest BCUT2D eigenvalue weighted by molar-refractivity contribution is 5.89. The number of ether oxygens (including phenoxy) is 1. The van der Waals surface area contributed by atoms with Crippen LogP contribution < -0.4 is 10.1 Å². The summed E-state index contributed by atoms with van der Waals surface area (Å²) in [6.45, 7) is 0.864. The fraction of sp³-hybridized carbons (Fsp3) is 0.526. The molecular formula is C19H24N2O5. The van der Waals surface area contributed by atoms with E-state index in [0.717, 1.165) is 11.3 Å². The van der Waals surface area contributed by atoms with Gasteiger partial charge < -0.3 is 20.1 Å². The highest BCUT2D eigenvalue weighted by Gasteiger charge is 2.37. The first-order valence-electron chi connectivity index (χ1n) is 8.90. The van der Waals surface area contributed by atoms with Crippen molar-refractivity contribution in [3.8, 4) is 5.75 Å². The van der Waals surface area contributed by atoms with Crippen molar-refractivity contribution >= 4 is 17.8 Å². The Balaban J connectivity index is 1.52. The van der Waals surface area contributed by atoms with Gasteiger partial charge in [-0.2, -0.15) is 0 Å². The fourth-order valence-electron chi connectivity index (χ4n) is 3.71. The highest BCUT2D eigenvalue weighted by atomic mass is 16.5. The third-order valence-electron chi connectivity index (χ3n) is 5.25. The number of nitrogens with zero attached hydrogens (tertiary/aromatic N) is 1. The van der Waals surface area contributed by atoms with Crippen LogP contribution in [-0.2, 0) is 20.9 Å². The zero-order valence-electron chi connectivity index (χ0n) is 14.8. The molecule has 2 fully saturated rings. The van der Waals surface area contributed by atoms with Crippen molar-refractivity contribution in [2.75, 3.05) is 13.7 Å².